The van der Waals surface area contributed by atoms with Gasteiger partial charge in [-0.25, -0.2) is 8.42 Å². The lowest BCUT2D eigenvalue weighted by Gasteiger charge is -2.32. The monoisotopic (exact) mass is 513 g/mol. The van der Waals surface area contributed by atoms with Gasteiger partial charge in [0.2, 0.25) is 21.8 Å². The average molecular weight is 514 g/mol. The summed E-state index contributed by atoms with van der Waals surface area (Å²) in [6.07, 6.45) is 1.77. The van der Waals surface area contributed by atoms with Crippen LogP contribution in [0, 0.1) is 6.92 Å². The van der Waals surface area contributed by atoms with Crippen LogP contribution in [0.15, 0.2) is 42.5 Å². The number of aryl methyl sites for hydroxylation is 1. The Morgan fingerprint density at radius 2 is 1.70 bits per heavy atom. The molecule has 0 saturated carbocycles. The van der Waals surface area contributed by atoms with Crippen LogP contribution in [-0.4, -0.2) is 50.5 Å². The molecule has 33 heavy (non-hydrogen) atoms. The second-order valence-corrected chi connectivity index (χ2v) is 10.5. The second kappa shape index (κ2) is 11.7. The summed E-state index contributed by atoms with van der Waals surface area (Å²) >= 11 is 12.6. The summed E-state index contributed by atoms with van der Waals surface area (Å²) < 4.78 is 26.1. The van der Waals surface area contributed by atoms with Gasteiger partial charge in [0.15, 0.2) is 0 Å². The number of nitrogens with zero attached hydrogens (tertiary/aromatic N) is 2. The lowest BCUT2D eigenvalue weighted by atomic mass is 10.1. The molecule has 0 aliphatic heterocycles. The number of carbonyl (C=O) groups excluding carboxylic acids is 2. The van der Waals surface area contributed by atoms with Crippen LogP contribution >= 0.6 is 23.2 Å². The molecule has 7 nitrogen and oxygen atoms in total. The predicted molar refractivity (Wildman–Crippen MR) is 133 cm³/mol. The van der Waals surface area contributed by atoms with E-state index >= 15 is 0 Å². The van der Waals surface area contributed by atoms with E-state index in [0.717, 1.165) is 22.5 Å². The molecule has 0 aliphatic carbocycles. The summed E-state index contributed by atoms with van der Waals surface area (Å²) in [6, 6.07) is 10.9. The van der Waals surface area contributed by atoms with Crippen LogP contribution in [0.1, 0.15) is 31.4 Å². The maximum atomic E-state index is 13.5. The smallest absolute Gasteiger partial charge is 0.244 e. The molecule has 0 spiro atoms. The Balaban J connectivity index is 2.43. The average Bonchev–Trinajstić information content (AvgIpc) is 2.74. The fraction of sp³-hybridized carbons (Fsp3) is 0.391. The number of amides is 2. The lowest BCUT2D eigenvalue weighted by molar-refractivity contribution is -0.139. The number of anilines is 1. The Morgan fingerprint density at radius 1 is 1.09 bits per heavy atom. The molecule has 2 aromatic carbocycles. The van der Waals surface area contributed by atoms with Gasteiger partial charge in [-0.1, -0.05) is 48.3 Å². The summed E-state index contributed by atoms with van der Waals surface area (Å²) in [5, 5.41) is 3.47. The van der Waals surface area contributed by atoms with Crippen molar-refractivity contribution in [3.05, 3.63) is 63.6 Å². The number of hydrogen-bond donors (Lipinski definition) is 1. The Hall–Kier alpha value is -2.29. The number of rotatable bonds is 10. The zero-order chi connectivity index (χ0) is 24.8. The first-order valence-corrected chi connectivity index (χ1v) is 13.1. The summed E-state index contributed by atoms with van der Waals surface area (Å²) in [4.78, 5) is 27.5. The number of sulfonamides is 1. The zero-order valence-corrected chi connectivity index (χ0v) is 21.5. The maximum Gasteiger partial charge on any atom is 0.244 e. The first kappa shape index (κ1) is 27.0. The number of hydrogen-bond acceptors (Lipinski definition) is 4. The second-order valence-electron chi connectivity index (χ2n) is 7.80. The molecule has 2 rings (SSSR count). The van der Waals surface area contributed by atoms with Gasteiger partial charge in [-0.3, -0.25) is 13.9 Å². The molecule has 0 heterocycles. The fourth-order valence-corrected chi connectivity index (χ4v) is 4.59. The van der Waals surface area contributed by atoms with E-state index in [9.17, 15) is 18.0 Å². The van der Waals surface area contributed by atoms with Crippen molar-refractivity contribution in [2.75, 3.05) is 23.7 Å². The van der Waals surface area contributed by atoms with Gasteiger partial charge in [-0.15, -0.1) is 0 Å². The summed E-state index contributed by atoms with van der Waals surface area (Å²) in [5.41, 5.74) is 1.69. The largest absolute Gasteiger partial charge is 0.354 e. The summed E-state index contributed by atoms with van der Waals surface area (Å²) in [6.45, 7) is 5.27. The van der Waals surface area contributed by atoms with Gasteiger partial charge in [0, 0.05) is 28.7 Å². The van der Waals surface area contributed by atoms with Crippen LogP contribution in [0.5, 0.6) is 0 Å². The molecular weight excluding hydrogens is 485 g/mol. The van der Waals surface area contributed by atoms with E-state index in [1.807, 2.05) is 19.9 Å². The third-order valence-electron chi connectivity index (χ3n) is 5.08. The highest BCUT2D eigenvalue weighted by Crippen LogP contribution is 2.27. The van der Waals surface area contributed by atoms with Crippen molar-refractivity contribution >= 4 is 50.7 Å². The highest BCUT2D eigenvalue weighted by molar-refractivity contribution is 7.92. The van der Waals surface area contributed by atoms with E-state index in [1.54, 1.807) is 43.3 Å². The van der Waals surface area contributed by atoms with Gasteiger partial charge in [-0.05, 0) is 50.1 Å². The van der Waals surface area contributed by atoms with E-state index in [4.69, 9.17) is 23.2 Å². The van der Waals surface area contributed by atoms with Crippen LogP contribution in [-0.2, 0) is 26.2 Å². The fourth-order valence-electron chi connectivity index (χ4n) is 3.23. The minimum Gasteiger partial charge on any atom is -0.354 e. The van der Waals surface area contributed by atoms with E-state index < -0.39 is 28.5 Å². The third kappa shape index (κ3) is 7.35. The SMILES string of the molecule is CCCNC(=O)C(C)N(Cc1c(Cl)cccc1Cl)C(=O)CN(c1cccc(C)c1)S(C)(=O)=O. The van der Waals surface area contributed by atoms with Crippen molar-refractivity contribution in [1.82, 2.24) is 10.2 Å². The number of benzene rings is 2. The van der Waals surface area contributed by atoms with Crippen molar-refractivity contribution in [3.8, 4) is 0 Å². The highest BCUT2D eigenvalue weighted by atomic mass is 35.5. The molecular formula is C23H29Cl2N3O4S. The minimum atomic E-state index is -3.78. The van der Waals surface area contributed by atoms with Crippen molar-refractivity contribution in [2.45, 2.75) is 39.8 Å². The molecule has 0 aromatic heterocycles. The van der Waals surface area contributed by atoms with Gasteiger partial charge in [0.05, 0.1) is 11.9 Å². The molecule has 10 heteroatoms. The minimum absolute atomic E-state index is 0.0521. The normalized spacial score (nSPS) is 12.2. The molecule has 0 aliphatic rings. The summed E-state index contributed by atoms with van der Waals surface area (Å²) in [5.74, 6) is -0.910. The Labute approximate surface area is 205 Å². The van der Waals surface area contributed by atoms with Crippen LogP contribution in [0.3, 0.4) is 0 Å². The number of halogens is 2. The zero-order valence-electron chi connectivity index (χ0n) is 19.1. The Kier molecular flexibility index (Phi) is 9.57. The Morgan fingerprint density at radius 3 is 2.24 bits per heavy atom. The number of nitrogens with one attached hydrogen (secondary N) is 1. The molecule has 1 unspecified atom stereocenters. The van der Waals surface area contributed by atoms with Gasteiger partial charge in [0.25, 0.3) is 0 Å². The van der Waals surface area contributed by atoms with E-state index in [-0.39, 0.29) is 12.5 Å². The van der Waals surface area contributed by atoms with Gasteiger partial charge < -0.3 is 10.2 Å². The van der Waals surface area contributed by atoms with Crippen molar-refractivity contribution in [2.24, 2.45) is 0 Å². The molecule has 2 amide bonds. The van der Waals surface area contributed by atoms with E-state index in [1.165, 1.54) is 4.90 Å². The molecule has 2 aromatic rings. The quantitative estimate of drug-likeness (QED) is 0.519. The van der Waals surface area contributed by atoms with Gasteiger partial charge in [-0.2, -0.15) is 0 Å². The van der Waals surface area contributed by atoms with Crippen LogP contribution in [0.4, 0.5) is 5.69 Å². The standard InChI is InChI=1S/C23H29Cl2N3O4S/c1-5-12-26-23(30)17(3)27(14-19-20(24)10-7-11-21(19)25)22(29)15-28(33(4,31)32)18-9-6-8-16(2)13-18/h6-11,13,17H,5,12,14-15H2,1-4H3,(H,26,30). The molecule has 1 atom stereocenters. The van der Waals surface area contributed by atoms with Crippen molar-refractivity contribution in [3.63, 3.8) is 0 Å². The molecule has 180 valence electrons. The Bertz CT molecular complexity index is 1090. The molecule has 0 bridgehead atoms. The van der Waals surface area contributed by atoms with Gasteiger partial charge >= 0.3 is 0 Å². The van der Waals surface area contributed by atoms with Crippen molar-refractivity contribution < 1.29 is 18.0 Å². The van der Waals surface area contributed by atoms with Gasteiger partial charge in [0.1, 0.15) is 12.6 Å². The van der Waals surface area contributed by atoms with Crippen LogP contribution in [0.2, 0.25) is 10.0 Å². The molecule has 0 fully saturated rings. The molecule has 1 N–H and O–H groups in total. The first-order valence-electron chi connectivity index (χ1n) is 10.5. The maximum absolute atomic E-state index is 13.5. The topological polar surface area (TPSA) is 86.8 Å². The third-order valence-corrected chi connectivity index (χ3v) is 6.92. The van der Waals surface area contributed by atoms with Crippen LogP contribution < -0.4 is 9.62 Å². The highest BCUT2D eigenvalue weighted by Gasteiger charge is 2.30. The molecule has 0 radical (unpaired) electrons. The first-order chi connectivity index (χ1) is 15.5. The summed E-state index contributed by atoms with van der Waals surface area (Å²) in [7, 11) is -3.78. The van der Waals surface area contributed by atoms with Crippen LogP contribution in [0.25, 0.3) is 0 Å². The number of carbonyl (C=O) groups is 2. The van der Waals surface area contributed by atoms with Crippen molar-refractivity contribution in [1.29, 1.82) is 0 Å². The van der Waals surface area contributed by atoms with E-state index in [2.05, 4.69) is 5.32 Å². The van der Waals surface area contributed by atoms with E-state index in [0.29, 0.717) is 27.8 Å². The predicted octanol–water partition coefficient (Wildman–Crippen LogP) is 4.01. The lowest BCUT2D eigenvalue weighted by Crippen LogP contribution is -2.51. The molecule has 0 saturated heterocycles.